The lowest BCUT2D eigenvalue weighted by atomic mass is 9.93. The van der Waals surface area contributed by atoms with Gasteiger partial charge in [-0.1, -0.05) is 29.3 Å². The minimum absolute atomic E-state index is 0. The van der Waals surface area contributed by atoms with Gasteiger partial charge >= 0.3 is 0 Å². The third-order valence-electron chi connectivity index (χ3n) is 4.28. The molecule has 1 saturated heterocycles. The first-order valence-electron chi connectivity index (χ1n) is 5.85. The van der Waals surface area contributed by atoms with Crippen molar-refractivity contribution in [3.05, 3.63) is 33.8 Å². The van der Waals surface area contributed by atoms with E-state index in [1.807, 2.05) is 17.8 Å². The molecule has 0 bridgehead atoms. The molecule has 18 heavy (non-hydrogen) atoms. The smallest absolute Gasteiger partial charge is 0.0595 e. The van der Waals surface area contributed by atoms with Crippen LogP contribution in [-0.2, 0) is 5.41 Å². The Morgan fingerprint density at radius 3 is 2.83 bits per heavy atom. The first kappa shape index (κ1) is 14.8. The lowest BCUT2D eigenvalue weighted by Crippen LogP contribution is -2.24. The largest absolute Gasteiger partial charge is 0.316 e. The molecule has 1 aliphatic heterocycles. The van der Waals surface area contributed by atoms with Crippen LogP contribution in [0.4, 0.5) is 0 Å². The van der Waals surface area contributed by atoms with Crippen LogP contribution in [0, 0.1) is 11.8 Å². The number of benzene rings is 1. The summed E-state index contributed by atoms with van der Waals surface area (Å²) in [6.07, 6.45) is 2.18. The van der Waals surface area contributed by atoms with Crippen molar-refractivity contribution >= 4 is 47.4 Å². The van der Waals surface area contributed by atoms with Gasteiger partial charge in [-0.2, -0.15) is 11.8 Å². The summed E-state index contributed by atoms with van der Waals surface area (Å²) in [5.41, 5.74) is 1.69. The predicted octanol–water partition coefficient (Wildman–Crippen LogP) is 3.87. The second-order valence-corrected chi connectivity index (χ2v) is 6.69. The van der Waals surface area contributed by atoms with Crippen LogP contribution in [0.15, 0.2) is 18.2 Å². The van der Waals surface area contributed by atoms with Gasteiger partial charge in [-0.05, 0) is 48.1 Å². The lowest BCUT2D eigenvalue weighted by Gasteiger charge is -2.16. The third kappa shape index (κ3) is 2.06. The van der Waals surface area contributed by atoms with Gasteiger partial charge in [0.05, 0.1) is 10.0 Å². The first-order chi connectivity index (χ1) is 8.20. The average Bonchev–Trinajstić information content (AvgIpc) is 2.72. The Balaban J connectivity index is 0.00000120. The van der Waals surface area contributed by atoms with Crippen molar-refractivity contribution in [2.24, 2.45) is 11.8 Å². The summed E-state index contributed by atoms with van der Waals surface area (Å²) in [6, 6.07) is 6.14. The van der Waals surface area contributed by atoms with Gasteiger partial charge in [0.2, 0.25) is 0 Å². The molecule has 3 atom stereocenters. The Labute approximate surface area is 128 Å². The highest BCUT2D eigenvalue weighted by molar-refractivity contribution is 7.98. The van der Waals surface area contributed by atoms with Gasteiger partial charge in [-0.15, -0.1) is 12.4 Å². The summed E-state index contributed by atoms with van der Waals surface area (Å²) in [7, 11) is 0. The SMILES string of the molecule is CSCC1C2CNCC21c1ccc(Cl)c(Cl)c1.Cl. The van der Waals surface area contributed by atoms with E-state index in [9.17, 15) is 0 Å². The number of hydrogen-bond acceptors (Lipinski definition) is 2. The molecule has 1 saturated carbocycles. The molecule has 1 aliphatic carbocycles. The van der Waals surface area contributed by atoms with Gasteiger partial charge in [-0.3, -0.25) is 0 Å². The number of nitrogens with one attached hydrogen (secondary N) is 1. The molecule has 3 unspecified atom stereocenters. The number of thioether (sulfide) groups is 1. The highest BCUT2D eigenvalue weighted by Gasteiger charge is 2.66. The zero-order chi connectivity index (χ0) is 12.0. The van der Waals surface area contributed by atoms with Gasteiger partial charge in [0.15, 0.2) is 0 Å². The average molecular weight is 325 g/mol. The second-order valence-electron chi connectivity index (χ2n) is 4.97. The van der Waals surface area contributed by atoms with Crippen molar-refractivity contribution < 1.29 is 0 Å². The van der Waals surface area contributed by atoms with Gasteiger partial charge in [0, 0.05) is 12.0 Å². The fraction of sp³-hybridized carbons (Fsp3) is 0.538. The van der Waals surface area contributed by atoms with Crippen LogP contribution >= 0.6 is 47.4 Å². The Kier molecular flexibility index (Phi) is 4.45. The van der Waals surface area contributed by atoms with E-state index in [4.69, 9.17) is 23.2 Å². The number of rotatable bonds is 3. The lowest BCUT2D eigenvalue weighted by molar-refractivity contribution is 0.596. The molecule has 1 N–H and O–H groups in total. The van der Waals surface area contributed by atoms with Crippen LogP contribution in [-0.4, -0.2) is 25.1 Å². The van der Waals surface area contributed by atoms with Crippen LogP contribution in [0.5, 0.6) is 0 Å². The molecule has 100 valence electrons. The molecule has 2 aliphatic rings. The molecule has 3 rings (SSSR count). The van der Waals surface area contributed by atoms with E-state index < -0.39 is 0 Å². The summed E-state index contributed by atoms with van der Waals surface area (Å²) in [4.78, 5) is 0. The highest BCUT2D eigenvalue weighted by Crippen LogP contribution is 2.63. The Morgan fingerprint density at radius 2 is 2.17 bits per heavy atom. The standard InChI is InChI=1S/C13H15Cl2NS.ClH/c1-17-6-10-9-5-16-7-13(9,10)8-2-3-11(14)12(15)4-8;/h2-4,9-10,16H,5-7H2,1H3;1H. The maximum absolute atomic E-state index is 6.14. The second kappa shape index (κ2) is 5.41. The summed E-state index contributed by atoms with van der Waals surface area (Å²) >= 11 is 14.1. The van der Waals surface area contributed by atoms with E-state index in [1.165, 1.54) is 11.3 Å². The number of piperidine rings is 1. The van der Waals surface area contributed by atoms with Crippen molar-refractivity contribution in [3.63, 3.8) is 0 Å². The molecule has 2 fully saturated rings. The Morgan fingerprint density at radius 1 is 1.39 bits per heavy atom. The van der Waals surface area contributed by atoms with Gasteiger partial charge in [-0.25, -0.2) is 0 Å². The molecule has 1 nitrogen and oxygen atoms in total. The van der Waals surface area contributed by atoms with Crippen LogP contribution in [0.25, 0.3) is 0 Å². The number of halogens is 3. The fourth-order valence-electron chi connectivity index (χ4n) is 3.39. The van der Waals surface area contributed by atoms with Crippen LogP contribution in [0.2, 0.25) is 10.0 Å². The molecular formula is C13H16Cl3NS. The third-order valence-corrected chi connectivity index (χ3v) is 5.72. The number of fused-ring (bicyclic) bond motifs is 1. The molecule has 0 amide bonds. The van der Waals surface area contributed by atoms with E-state index in [0.717, 1.165) is 24.9 Å². The zero-order valence-electron chi connectivity index (χ0n) is 10.1. The van der Waals surface area contributed by atoms with Crippen molar-refractivity contribution in [2.75, 3.05) is 25.1 Å². The maximum Gasteiger partial charge on any atom is 0.0595 e. The molecule has 1 aromatic rings. The molecule has 1 aromatic carbocycles. The normalized spacial score (nSPS) is 32.8. The first-order valence-corrected chi connectivity index (χ1v) is 8.00. The maximum atomic E-state index is 6.14. The van der Waals surface area contributed by atoms with E-state index in [2.05, 4.69) is 23.7 Å². The van der Waals surface area contributed by atoms with Crippen LogP contribution in [0.1, 0.15) is 5.56 Å². The summed E-state index contributed by atoms with van der Waals surface area (Å²) in [5, 5.41) is 4.83. The Hall–Kier alpha value is 0.400. The van der Waals surface area contributed by atoms with Gasteiger partial charge in [0.25, 0.3) is 0 Å². The molecule has 0 spiro atoms. The molecular weight excluding hydrogens is 309 g/mol. The zero-order valence-corrected chi connectivity index (χ0v) is 13.2. The Bertz CT molecular complexity index is 454. The minimum atomic E-state index is 0. The fourth-order valence-corrected chi connectivity index (χ4v) is 4.57. The van der Waals surface area contributed by atoms with Crippen molar-refractivity contribution in [2.45, 2.75) is 5.41 Å². The molecule has 1 heterocycles. The molecule has 5 heteroatoms. The van der Waals surface area contributed by atoms with E-state index in [-0.39, 0.29) is 12.4 Å². The predicted molar refractivity (Wildman–Crippen MR) is 83.6 cm³/mol. The quantitative estimate of drug-likeness (QED) is 0.906. The van der Waals surface area contributed by atoms with Gasteiger partial charge < -0.3 is 5.32 Å². The van der Waals surface area contributed by atoms with Crippen LogP contribution in [0.3, 0.4) is 0 Å². The minimum Gasteiger partial charge on any atom is -0.316 e. The highest BCUT2D eigenvalue weighted by atomic mass is 35.5. The number of hydrogen-bond donors (Lipinski definition) is 1. The summed E-state index contributed by atoms with van der Waals surface area (Å²) < 4.78 is 0. The molecule has 0 aromatic heterocycles. The van der Waals surface area contributed by atoms with Crippen LogP contribution < -0.4 is 5.32 Å². The van der Waals surface area contributed by atoms with Crippen molar-refractivity contribution in [1.29, 1.82) is 0 Å². The van der Waals surface area contributed by atoms with E-state index in [1.54, 1.807) is 0 Å². The summed E-state index contributed by atoms with van der Waals surface area (Å²) in [6.45, 7) is 2.23. The van der Waals surface area contributed by atoms with E-state index >= 15 is 0 Å². The van der Waals surface area contributed by atoms with Crippen molar-refractivity contribution in [3.8, 4) is 0 Å². The van der Waals surface area contributed by atoms with Gasteiger partial charge in [0.1, 0.15) is 0 Å². The van der Waals surface area contributed by atoms with Crippen molar-refractivity contribution in [1.82, 2.24) is 5.32 Å². The molecule has 0 radical (unpaired) electrons. The monoisotopic (exact) mass is 323 g/mol. The van der Waals surface area contributed by atoms with E-state index in [0.29, 0.717) is 15.5 Å². The topological polar surface area (TPSA) is 12.0 Å². The summed E-state index contributed by atoms with van der Waals surface area (Å²) in [5.74, 6) is 2.83.